The molecule has 0 fully saturated rings. The molecule has 0 amide bonds. The van der Waals surface area contributed by atoms with Gasteiger partial charge in [-0.25, -0.2) is 0 Å². The van der Waals surface area contributed by atoms with Crippen molar-refractivity contribution in [2.24, 2.45) is 0 Å². The Kier molecular flexibility index (Phi) is 1.65. The Labute approximate surface area is 72.4 Å². The molecule has 1 aromatic rings. The predicted octanol–water partition coefficient (Wildman–Crippen LogP) is 2.74. The molecule has 0 heterocycles. The minimum absolute atomic E-state index is 0.370. The molecule has 0 atom stereocenters. The van der Waals surface area contributed by atoms with E-state index in [1.807, 2.05) is 12.1 Å². The van der Waals surface area contributed by atoms with E-state index >= 15 is 0 Å². The quantitative estimate of drug-likeness (QED) is 0.669. The largest absolute Gasteiger partial charge is 0.508 e. The fourth-order valence-corrected chi connectivity index (χ4v) is 1.72. The average molecular weight is 160 g/mol. The molecule has 0 bridgehead atoms. The Morgan fingerprint density at radius 2 is 2.25 bits per heavy atom. The lowest BCUT2D eigenvalue weighted by Crippen LogP contribution is -1.82. The number of phenolic OH excluding ortho intramolecular Hbond substituents is 1. The molecule has 1 heteroatoms. The molecule has 0 aromatic heterocycles. The van der Waals surface area contributed by atoms with Crippen molar-refractivity contribution in [3.63, 3.8) is 0 Å². The van der Waals surface area contributed by atoms with Gasteiger partial charge in [-0.15, -0.1) is 0 Å². The molecule has 1 aliphatic carbocycles. The molecule has 1 nitrogen and oxygen atoms in total. The first-order chi connectivity index (χ1) is 5.81. The molecule has 2 rings (SSSR count). The number of fused-ring (bicyclic) bond motifs is 1. The van der Waals surface area contributed by atoms with E-state index < -0.39 is 0 Å². The zero-order valence-corrected chi connectivity index (χ0v) is 7.17. The minimum Gasteiger partial charge on any atom is -0.508 e. The van der Waals surface area contributed by atoms with Crippen LogP contribution in [0.3, 0.4) is 0 Å². The smallest absolute Gasteiger partial charge is 0.116 e. The number of allylic oxidation sites excluding steroid dienone is 2. The van der Waals surface area contributed by atoms with Gasteiger partial charge < -0.3 is 5.11 Å². The van der Waals surface area contributed by atoms with E-state index in [1.165, 1.54) is 16.7 Å². The standard InChI is InChI=1S/C11H12O/c1-2-8-3-4-9-5-6-10(12)7-11(8)9/h3,5-7,12H,2,4H2,1H3. The average Bonchev–Trinajstić information content (AvgIpc) is 2.46. The zero-order chi connectivity index (χ0) is 8.55. The van der Waals surface area contributed by atoms with Gasteiger partial charge in [-0.05, 0) is 41.7 Å². The van der Waals surface area contributed by atoms with Crippen LogP contribution in [0.25, 0.3) is 5.57 Å². The van der Waals surface area contributed by atoms with Crippen molar-refractivity contribution in [3.8, 4) is 5.75 Å². The van der Waals surface area contributed by atoms with E-state index in [-0.39, 0.29) is 0 Å². The summed E-state index contributed by atoms with van der Waals surface area (Å²) in [5.74, 6) is 0.370. The van der Waals surface area contributed by atoms with Crippen LogP contribution in [0.5, 0.6) is 5.75 Å². The number of aromatic hydroxyl groups is 1. The Morgan fingerprint density at radius 3 is 3.00 bits per heavy atom. The molecule has 0 unspecified atom stereocenters. The lowest BCUT2D eigenvalue weighted by Gasteiger charge is -2.02. The van der Waals surface area contributed by atoms with Crippen LogP contribution in [-0.2, 0) is 6.42 Å². The van der Waals surface area contributed by atoms with Gasteiger partial charge in [-0.1, -0.05) is 19.1 Å². The topological polar surface area (TPSA) is 20.2 Å². The van der Waals surface area contributed by atoms with Gasteiger partial charge in [0.25, 0.3) is 0 Å². The van der Waals surface area contributed by atoms with Crippen molar-refractivity contribution in [2.75, 3.05) is 0 Å². The van der Waals surface area contributed by atoms with Crippen molar-refractivity contribution in [3.05, 3.63) is 35.4 Å². The highest BCUT2D eigenvalue weighted by molar-refractivity contribution is 5.73. The summed E-state index contributed by atoms with van der Waals surface area (Å²) >= 11 is 0. The third kappa shape index (κ3) is 1.02. The summed E-state index contributed by atoms with van der Waals surface area (Å²) < 4.78 is 0. The highest BCUT2D eigenvalue weighted by Gasteiger charge is 2.12. The van der Waals surface area contributed by atoms with Gasteiger partial charge in [0.05, 0.1) is 0 Å². The first kappa shape index (κ1) is 7.41. The summed E-state index contributed by atoms with van der Waals surface area (Å²) in [5.41, 5.74) is 3.93. The van der Waals surface area contributed by atoms with E-state index in [4.69, 9.17) is 0 Å². The van der Waals surface area contributed by atoms with E-state index in [2.05, 4.69) is 13.0 Å². The predicted molar refractivity (Wildman–Crippen MR) is 50.1 cm³/mol. The van der Waals surface area contributed by atoms with Crippen molar-refractivity contribution >= 4 is 5.57 Å². The maximum atomic E-state index is 9.28. The summed E-state index contributed by atoms with van der Waals surface area (Å²) in [7, 11) is 0. The second kappa shape index (κ2) is 2.67. The van der Waals surface area contributed by atoms with Crippen LogP contribution in [-0.4, -0.2) is 5.11 Å². The molecule has 1 aliphatic rings. The third-order valence-electron chi connectivity index (χ3n) is 2.39. The van der Waals surface area contributed by atoms with Gasteiger partial charge >= 0.3 is 0 Å². The summed E-state index contributed by atoms with van der Waals surface area (Å²) in [6, 6.07) is 5.62. The Morgan fingerprint density at radius 1 is 1.42 bits per heavy atom. The number of phenols is 1. The first-order valence-electron chi connectivity index (χ1n) is 4.32. The van der Waals surface area contributed by atoms with Crippen molar-refractivity contribution in [2.45, 2.75) is 19.8 Å². The number of rotatable bonds is 1. The second-order valence-electron chi connectivity index (χ2n) is 3.13. The molecule has 12 heavy (non-hydrogen) atoms. The van der Waals surface area contributed by atoms with Crippen LogP contribution in [0.1, 0.15) is 24.5 Å². The number of benzene rings is 1. The number of hydrogen-bond acceptors (Lipinski definition) is 1. The summed E-state index contributed by atoms with van der Waals surface area (Å²) in [5, 5.41) is 9.28. The van der Waals surface area contributed by atoms with Crippen LogP contribution in [0.2, 0.25) is 0 Å². The van der Waals surface area contributed by atoms with Gasteiger partial charge in [0.1, 0.15) is 5.75 Å². The van der Waals surface area contributed by atoms with Crippen LogP contribution in [0.4, 0.5) is 0 Å². The van der Waals surface area contributed by atoms with Crippen LogP contribution in [0.15, 0.2) is 24.3 Å². The molecule has 0 aliphatic heterocycles. The Hall–Kier alpha value is -1.24. The monoisotopic (exact) mass is 160 g/mol. The van der Waals surface area contributed by atoms with E-state index in [0.29, 0.717) is 5.75 Å². The lowest BCUT2D eigenvalue weighted by molar-refractivity contribution is 0.475. The zero-order valence-electron chi connectivity index (χ0n) is 7.17. The fourth-order valence-electron chi connectivity index (χ4n) is 1.72. The molecular weight excluding hydrogens is 148 g/mol. The van der Waals surface area contributed by atoms with Crippen LogP contribution < -0.4 is 0 Å². The molecular formula is C11H12O. The van der Waals surface area contributed by atoms with E-state index in [1.54, 1.807) is 6.07 Å². The SMILES string of the molecule is CCC1=CCc2ccc(O)cc21. The molecule has 0 saturated carbocycles. The highest BCUT2D eigenvalue weighted by Crippen LogP contribution is 2.31. The normalized spacial score (nSPS) is 14.2. The van der Waals surface area contributed by atoms with Gasteiger partial charge in [-0.3, -0.25) is 0 Å². The molecule has 62 valence electrons. The van der Waals surface area contributed by atoms with Crippen LogP contribution >= 0.6 is 0 Å². The molecule has 1 aromatic carbocycles. The summed E-state index contributed by atoms with van der Waals surface area (Å²) in [4.78, 5) is 0. The lowest BCUT2D eigenvalue weighted by atomic mass is 10.0. The highest BCUT2D eigenvalue weighted by atomic mass is 16.3. The van der Waals surface area contributed by atoms with Crippen molar-refractivity contribution < 1.29 is 5.11 Å². The van der Waals surface area contributed by atoms with Gasteiger partial charge in [0.2, 0.25) is 0 Å². The second-order valence-corrected chi connectivity index (χ2v) is 3.13. The van der Waals surface area contributed by atoms with Crippen LogP contribution in [0, 0.1) is 0 Å². The Bertz CT molecular complexity index is 337. The first-order valence-corrected chi connectivity index (χ1v) is 4.32. The third-order valence-corrected chi connectivity index (χ3v) is 2.39. The van der Waals surface area contributed by atoms with Gasteiger partial charge in [0, 0.05) is 0 Å². The van der Waals surface area contributed by atoms with E-state index in [0.717, 1.165) is 12.8 Å². The molecule has 1 N–H and O–H groups in total. The summed E-state index contributed by atoms with van der Waals surface area (Å²) in [6.45, 7) is 2.14. The van der Waals surface area contributed by atoms with Gasteiger partial charge in [-0.2, -0.15) is 0 Å². The maximum absolute atomic E-state index is 9.28. The number of hydrogen-bond donors (Lipinski definition) is 1. The summed E-state index contributed by atoms with van der Waals surface area (Å²) in [6.07, 6.45) is 4.32. The minimum atomic E-state index is 0.370. The maximum Gasteiger partial charge on any atom is 0.116 e. The molecule has 0 spiro atoms. The fraction of sp³-hybridized carbons (Fsp3) is 0.273. The Balaban J connectivity index is 2.50. The van der Waals surface area contributed by atoms with Gasteiger partial charge in [0.15, 0.2) is 0 Å². The molecule has 0 radical (unpaired) electrons. The van der Waals surface area contributed by atoms with Crippen molar-refractivity contribution in [1.29, 1.82) is 0 Å². The molecule has 0 saturated heterocycles. The van der Waals surface area contributed by atoms with Crippen molar-refractivity contribution in [1.82, 2.24) is 0 Å². The van der Waals surface area contributed by atoms with E-state index in [9.17, 15) is 5.11 Å².